The Balaban J connectivity index is 1.53. The monoisotopic (exact) mass is 360 g/mol. The fourth-order valence-corrected chi connectivity index (χ4v) is 3.90. The zero-order valence-electron chi connectivity index (χ0n) is 16.8. The molecule has 1 aliphatic rings. The summed E-state index contributed by atoms with van der Waals surface area (Å²) in [6, 6.07) is 16.9. The summed E-state index contributed by atoms with van der Waals surface area (Å²) >= 11 is 0. The first-order valence-electron chi connectivity index (χ1n) is 10.6. The van der Waals surface area contributed by atoms with Crippen LogP contribution in [0.4, 0.5) is 0 Å². The highest BCUT2D eigenvalue weighted by atomic mass is 16.5. The van der Waals surface area contributed by atoms with Gasteiger partial charge >= 0.3 is 0 Å². The third-order valence-electron chi connectivity index (χ3n) is 5.70. The van der Waals surface area contributed by atoms with Crippen LogP contribution in [0.15, 0.2) is 48.5 Å². The molecule has 1 saturated carbocycles. The molecule has 0 bridgehead atoms. The van der Waals surface area contributed by atoms with E-state index >= 15 is 0 Å². The van der Waals surface area contributed by atoms with Crippen molar-refractivity contribution in [1.82, 2.24) is 0 Å². The van der Waals surface area contributed by atoms with Gasteiger partial charge in [0, 0.05) is 11.1 Å². The molecule has 2 aromatic rings. The lowest BCUT2D eigenvalue weighted by Crippen LogP contribution is -2.15. The van der Waals surface area contributed by atoms with Crippen LogP contribution in [0.3, 0.4) is 0 Å². The number of ether oxygens (including phenoxy) is 1. The van der Waals surface area contributed by atoms with Crippen LogP contribution in [0.1, 0.15) is 69.1 Å². The molecule has 0 atom stereocenters. The fourth-order valence-electron chi connectivity index (χ4n) is 3.90. The molecule has 1 aliphatic carbocycles. The van der Waals surface area contributed by atoms with Crippen molar-refractivity contribution in [3.63, 3.8) is 0 Å². The Bertz CT molecular complexity index is 738. The maximum Gasteiger partial charge on any atom is 0.119 e. The van der Waals surface area contributed by atoms with E-state index in [4.69, 9.17) is 4.74 Å². The Morgan fingerprint density at radius 2 is 1.33 bits per heavy atom. The summed E-state index contributed by atoms with van der Waals surface area (Å²) in [5.74, 6) is 9.30. The summed E-state index contributed by atoms with van der Waals surface area (Å²) in [4.78, 5) is 0. The molecule has 0 aromatic heterocycles. The Kier molecular flexibility index (Phi) is 7.40. The van der Waals surface area contributed by atoms with E-state index in [0.717, 1.165) is 41.7 Å². The van der Waals surface area contributed by atoms with E-state index in [9.17, 15) is 0 Å². The molecule has 0 saturated heterocycles. The summed E-state index contributed by atoms with van der Waals surface area (Å²) in [5.41, 5.74) is 3.56. The fraction of sp³-hybridized carbons (Fsp3) is 0.462. The molecule has 0 radical (unpaired) electrons. The molecule has 1 fully saturated rings. The zero-order valence-corrected chi connectivity index (χ0v) is 16.8. The van der Waals surface area contributed by atoms with Crippen molar-refractivity contribution >= 4 is 0 Å². The molecular weight excluding hydrogens is 328 g/mol. The van der Waals surface area contributed by atoms with Gasteiger partial charge in [-0.2, -0.15) is 0 Å². The van der Waals surface area contributed by atoms with Gasteiger partial charge in [0.05, 0.1) is 6.61 Å². The molecule has 0 N–H and O–H groups in total. The van der Waals surface area contributed by atoms with Crippen molar-refractivity contribution in [2.45, 2.75) is 58.8 Å². The summed E-state index contributed by atoms with van der Waals surface area (Å²) in [7, 11) is 0. The van der Waals surface area contributed by atoms with Gasteiger partial charge < -0.3 is 4.74 Å². The summed E-state index contributed by atoms with van der Waals surface area (Å²) in [5, 5.41) is 0. The smallest absolute Gasteiger partial charge is 0.119 e. The predicted octanol–water partition coefficient (Wildman–Crippen LogP) is 6.63. The Morgan fingerprint density at radius 3 is 1.89 bits per heavy atom. The average Bonchev–Trinajstić information content (AvgIpc) is 2.73. The highest BCUT2D eigenvalue weighted by molar-refractivity contribution is 5.44. The van der Waals surface area contributed by atoms with Gasteiger partial charge in [-0.05, 0) is 79.5 Å². The normalized spacial score (nSPS) is 19.2. The van der Waals surface area contributed by atoms with Gasteiger partial charge in [0.15, 0.2) is 0 Å². The number of hydrogen-bond donors (Lipinski definition) is 0. The highest BCUT2D eigenvalue weighted by Gasteiger charge is 2.19. The van der Waals surface area contributed by atoms with Gasteiger partial charge in [0.1, 0.15) is 5.75 Å². The van der Waals surface area contributed by atoms with Crippen LogP contribution in [0.5, 0.6) is 5.75 Å². The Labute approximate surface area is 165 Å². The molecule has 2 aromatic carbocycles. The maximum atomic E-state index is 5.61. The van der Waals surface area contributed by atoms with Gasteiger partial charge in [0.2, 0.25) is 0 Å². The van der Waals surface area contributed by atoms with Gasteiger partial charge in [-0.15, -0.1) is 0 Å². The highest BCUT2D eigenvalue weighted by Crippen LogP contribution is 2.32. The summed E-state index contributed by atoms with van der Waals surface area (Å²) in [6.07, 6.45) is 9.26. The molecule has 0 aliphatic heterocycles. The Hall–Kier alpha value is -2.20. The van der Waals surface area contributed by atoms with E-state index in [-0.39, 0.29) is 0 Å². The van der Waals surface area contributed by atoms with E-state index in [1.165, 1.54) is 44.1 Å². The molecular formula is C26H32O. The van der Waals surface area contributed by atoms with E-state index < -0.39 is 0 Å². The molecule has 142 valence electrons. The van der Waals surface area contributed by atoms with Crippen molar-refractivity contribution in [2.24, 2.45) is 11.8 Å². The third kappa shape index (κ3) is 6.17. The quantitative estimate of drug-likeness (QED) is 0.525. The van der Waals surface area contributed by atoms with Crippen molar-refractivity contribution in [1.29, 1.82) is 0 Å². The van der Waals surface area contributed by atoms with Crippen LogP contribution in [-0.4, -0.2) is 6.61 Å². The molecule has 1 nitrogen and oxygen atoms in total. The summed E-state index contributed by atoms with van der Waals surface area (Å²) in [6.45, 7) is 5.21. The van der Waals surface area contributed by atoms with E-state index in [0.29, 0.717) is 0 Å². The third-order valence-corrected chi connectivity index (χ3v) is 5.70. The van der Waals surface area contributed by atoms with Crippen LogP contribution in [0.2, 0.25) is 0 Å². The van der Waals surface area contributed by atoms with Crippen molar-refractivity contribution in [2.75, 3.05) is 6.61 Å². The molecule has 27 heavy (non-hydrogen) atoms. The Morgan fingerprint density at radius 1 is 0.778 bits per heavy atom. The zero-order chi connectivity index (χ0) is 18.9. The van der Waals surface area contributed by atoms with Crippen LogP contribution in [-0.2, 0) is 6.42 Å². The van der Waals surface area contributed by atoms with Gasteiger partial charge in [0.25, 0.3) is 0 Å². The second-order valence-electron chi connectivity index (χ2n) is 7.82. The van der Waals surface area contributed by atoms with Crippen LogP contribution >= 0.6 is 0 Å². The van der Waals surface area contributed by atoms with Crippen molar-refractivity contribution in [3.8, 4) is 17.6 Å². The first-order chi connectivity index (χ1) is 13.3. The molecule has 0 heterocycles. The van der Waals surface area contributed by atoms with Crippen LogP contribution in [0, 0.1) is 23.7 Å². The summed E-state index contributed by atoms with van der Waals surface area (Å²) < 4.78 is 5.61. The van der Waals surface area contributed by atoms with Gasteiger partial charge in [-0.25, -0.2) is 0 Å². The second kappa shape index (κ2) is 10.2. The standard InChI is InChI=1S/C26H32O/c1-3-19-27-26-17-15-23(16-18-26)8-7-22-9-13-25(14-10-22)20-24-11-5-21(4-2)6-12-24/h9-10,13-18,21,24H,3-6,11-12,19-20H2,1-2H3. The number of benzene rings is 2. The predicted molar refractivity (Wildman–Crippen MR) is 114 cm³/mol. The van der Waals surface area contributed by atoms with Crippen molar-refractivity contribution < 1.29 is 4.74 Å². The van der Waals surface area contributed by atoms with E-state index in [2.05, 4.69) is 50.0 Å². The topological polar surface area (TPSA) is 9.23 Å². The van der Waals surface area contributed by atoms with E-state index in [1.54, 1.807) is 0 Å². The minimum Gasteiger partial charge on any atom is -0.494 e. The molecule has 0 unspecified atom stereocenters. The number of hydrogen-bond acceptors (Lipinski definition) is 1. The molecule has 1 heteroatoms. The first kappa shape index (κ1) is 19.6. The lowest BCUT2D eigenvalue weighted by Gasteiger charge is -2.27. The minimum atomic E-state index is 0.761. The lowest BCUT2D eigenvalue weighted by molar-refractivity contribution is 0.268. The SMILES string of the molecule is CCCOc1ccc(C#Cc2ccc(CC3CCC(CC)CC3)cc2)cc1. The van der Waals surface area contributed by atoms with Gasteiger partial charge in [-0.1, -0.05) is 57.1 Å². The van der Waals surface area contributed by atoms with Crippen molar-refractivity contribution in [3.05, 3.63) is 65.2 Å². The maximum absolute atomic E-state index is 5.61. The minimum absolute atomic E-state index is 0.761. The average molecular weight is 361 g/mol. The van der Waals surface area contributed by atoms with Gasteiger partial charge in [-0.3, -0.25) is 0 Å². The first-order valence-corrected chi connectivity index (χ1v) is 10.6. The lowest BCUT2D eigenvalue weighted by atomic mass is 9.78. The molecule has 0 amide bonds. The largest absolute Gasteiger partial charge is 0.494 e. The van der Waals surface area contributed by atoms with Crippen LogP contribution < -0.4 is 4.74 Å². The molecule has 0 spiro atoms. The molecule has 3 rings (SSSR count). The number of rotatable bonds is 6. The van der Waals surface area contributed by atoms with Crippen LogP contribution in [0.25, 0.3) is 0 Å². The van der Waals surface area contributed by atoms with E-state index in [1.807, 2.05) is 24.3 Å². The second-order valence-corrected chi connectivity index (χ2v) is 7.82.